The number of amides is 2. The Labute approximate surface area is 149 Å². The molecule has 2 aromatic rings. The predicted molar refractivity (Wildman–Crippen MR) is 91.6 cm³/mol. The van der Waals surface area contributed by atoms with Crippen LogP contribution in [0.4, 0.5) is 5.69 Å². The van der Waals surface area contributed by atoms with Crippen LogP contribution in [0.5, 0.6) is 11.5 Å². The molecular formula is C17H17N3O6. The number of hydrogen-bond donors (Lipinski definition) is 2. The molecule has 0 heterocycles. The molecule has 2 amide bonds. The summed E-state index contributed by atoms with van der Waals surface area (Å²) >= 11 is 0. The zero-order chi connectivity index (χ0) is 18.9. The van der Waals surface area contributed by atoms with Gasteiger partial charge in [0.25, 0.3) is 11.8 Å². The van der Waals surface area contributed by atoms with E-state index in [4.69, 9.17) is 9.47 Å². The van der Waals surface area contributed by atoms with Crippen LogP contribution in [0.3, 0.4) is 0 Å². The zero-order valence-corrected chi connectivity index (χ0v) is 13.9. The maximum Gasteiger partial charge on any atom is 0.310 e. The second-order valence-corrected chi connectivity index (χ2v) is 5.16. The number of carbonyl (C=O) groups excluding carboxylic acids is 2. The number of carbonyl (C=O) groups is 2. The predicted octanol–water partition coefficient (Wildman–Crippen LogP) is 1.51. The molecule has 26 heavy (non-hydrogen) atoms. The first-order valence-electron chi connectivity index (χ1n) is 7.59. The monoisotopic (exact) mass is 359 g/mol. The smallest absolute Gasteiger partial charge is 0.310 e. The third-order valence-corrected chi connectivity index (χ3v) is 3.21. The fourth-order valence-corrected chi connectivity index (χ4v) is 1.95. The molecule has 2 rings (SSSR count). The van der Waals surface area contributed by atoms with Crippen LogP contribution in [0.2, 0.25) is 0 Å². The highest BCUT2D eigenvalue weighted by Crippen LogP contribution is 2.25. The maximum absolute atomic E-state index is 11.7. The molecule has 0 aromatic heterocycles. The summed E-state index contributed by atoms with van der Waals surface area (Å²) in [6.45, 7) is 1.06. The van der Waals surface area contributed by atoms with E-state index in [9.17, 15) is 19.7 Å². The molecule has 9 heteroatoms. The van der Waals surface area contributed by atoms with Crippen molar-refractivity contribution in [1.82, 2.24) is 10.9 Å². The Bertz CT molecular complexity index is 809. The second kappa shape index (κ2) is 9.02. The number of rotatable bonds is 7. The minimum Gasteiger partial charge on any atom is -0.483 e. The van der Waals surface area contributed by atoms with Crippen molar-refractivity contribution < 1.29 is 24.0 Å². The van der Waals surface area contributed by atoms with Crippen LogP contribution in [-0.4, -0.2) is 30.0 Å². The summed E-state index contributed by atoms with van der Waals surface area (Å²) in [6.07, 6.45) is 0. The largest absolute Gasteiger partial charge is 0.483 e. The molecule has 2 N–H and O–H groups in total. The van der Waals surface area contributed by atoms with E-state index in [1.54, 1.807) is 18.2 Å². The normalized spacial score (nSPS) is 9.88. The highest BCUT2D eigenvalue weighted by molar-refractivity contribution is 5.83. The second-order valence-electron chi connectivity index (χ2n) is 5.16. The fraction of sp³-hybridized carbons (Fsp3) is 0.176. The summed E-state index contributed by atoms with van der Waals surface area (Å²) in [5.41, 5.74) is 4.93. The summed E-state index contributed by atoms with van der Waals surface area (Å²) < 4.78 is 10.4. The molecule has 0 fully saturated rings. The van der Waals surface area contributed by atoms with Gasteiger partial charge in [-0.1, -0.05) is 30.3 Å². The average molecular weight is 359 g/mol. The SMILES string of the molecule is Cc1ccccc1OCC(=O)NNC(=O)COc1ccccc1[N+](=O)[O-]. The minimum absolute atomic E-state index is 0.0399. The summed E-state index contributed by atoms with van der Waals surface area (Å²) in [5, 5.41) is 10.8. The molecule has 0 saturated heterocycles. The van der Waals surface area contributed by atoms with Crippen molar-refractivity contribution >= 4 is 17.5 Å². The van der Waals surface area contributed by atoms with Gasteiger partial charge in [0.2, 0.25) is 0 Å². The molecule has 0 saturated carbocycles. The van der Waals surface area contributed by atoms with Crippen LogP contribution in [0.1, 0.15) is 5.56 Å². The Kier molecular flexibility index (Phi) is 6.49. The number of para-hydroxylation sites is 3. The summed E-state index contributed by atoms with van der Waals surface area (Å²) in [6, 6.07) is 12.9. The van der Waals surface area contributed by atoms with Crippen molar-refractivity contribution in [2.75, 3.05) is 13.2 Å². The molecule has 0 spiro atoms. The molecule has 0 aliphatic heterocycles. The van der Waals surface area contributed by atoms with Crippen LogP contribution < -0.4 is 20.3 Å². The number of ether oxygens (including phenoxy) is 2. The first-order valence-corrected chi connectivity index (χ1v) is 7.59. The Balaban J connectivity index is 1.74. The van der Waals surface area contributed by atoms with Gasteiger partial charge in [-0.15, -0.1) is 0 Å². The summed E-state index contributed by atoms with van der Waals surface area (Å²) in [4.78, 5) is 33.6. The van der Waals surface area contributed by atoms with E-state index in [-0.39, 0.29) is 18.0 Å². The molecule has 136 valence electrons. The van der Waals surface area contributed by atoms with Crippen molar-refractivity contribution in [2.45, 2.75) is 6.92 Å². The van der Waals surface area contributed by atoms with Crippen LogP contribution in [0.25, 0.3) is 0 Å². The topological polar surface area (TPSA) is 120 Å². The highest BCUT2D eigenvalue weighted by Gasteiger charge is 2.15. The lowest BCUT2D eigenvalue weighted by Crippen LogP contribution is -2.45. The quantitative estimate of drug-likeness (QED) is 0.571. The van der Waals surface area contributed by atoms with Crippen molar-refractivity contribution in [3.05, 3.63) is 64.2 Å². The number of nitro groups is 1. The molecular weight excluding hydrogens is 342 g/mol. The number of nitro benzene ring substituents is 1. The van der Waals surface area contributed by atoms with Gasteiger partial charge in [0, 0.05) is 6.07 Å². The van der Waals surface area contributed by atoms with Gasteiger partial charge < -0.3 is 9.47 Å². The number of hydrogen-bond acceptors (Lipinski definition) is 6. The van der Waals surface area contributed by atoms with Gasteiger partial charge in [0.05, 0.1) is 4.92 Å². The Morgan fingerprint density at radius 3 is 2.00 bits per heavy atom. The standard InChI is InChI=1S/C17H17N3O6/c1-12-6-2-4-8-14(12)25-10-16(21)18-19-17(22)11-26-15-9-5-3-7-13(15)20(23)24/h2-9H,10-11H2,1H3,(H,18,21)(H,19,22). The summed E-state index contributed by atoms with van der Waals surface area (Å²) in [5.74, 6) is -0.713. The first-order chi connectivity index (χ1) is 12.5. The summed E-state index contributed by atoms with van der Waals surface area (Å²) in [7, 11) is 0. The third kappa shape index (κ3) is 5.48. The van der Waals surface area contributed by atoms with Crippen LogP contribution >= 0.6 is 0 Å². The Hall–Kier alpha value is -3.62. The van der Waals surface area contributed by atoms with Gasteiger partial charge >= 0.3 is 5.69 Å². The number of aryl methyl sites for hydroxylation is 1. The highest BCUT2D eigenvalue weighted by atomic mass is 16.6. The molecule has 0 radical (unpaired) electrons. The van der Waals surface area contributed by atoms with Gasteiger partial charge in [-0.2, -0.15) is 0 Å². The van der Waals surface area contributed by atoms with E-state index >= 15 is 0 Å². The van der Waals surface area contributed by atoms with Gasteiger partial charge in [-0.3, -0.25) is 30.6 Å². The fourth-order valence-electron chi connectivity index (χ4n) is 1.95. The van der Waals surface area contributed by atoms with Crippen molar-refractivity contribution in [3.8, 4) is 11.5 Å². The van der Waals surface area contributed by atoms with E-state index in [2.05, 4.69) is 10.9 Å². The van der Waals surface area contributed by atoms with Gasteiger partial charge in [0.15, 0.2) is 19.0 Å². The molecule has 0 aliphatic rings. The van der Waals surface area contributed by atoms with E-state index in [0.29, 0.717) is 5.75 Å². The van der Waals surface area contributed by atoms with Gasteiger partial charge in [0.1, 0.15) is 5.75 Å². The van der Waals surface area contributed by atoms with E-state index < -0.39 is 23.3 Å². The average Bonchev–Trinajstić information content (AvgIpc) is 2.64. The first kappa shape index (κ1) is 18.7. The van der Waals surface area contributed by atoms with Crippen molar-refractivity contribution in [2.24, 2.45) is 0 Å². The molecule has 0 aliphatic carbocycles. The lowest BCUT2D eigenvalue weighted by molar-refractivity contribution is -0.385. The van der Waals surface area contributed by atoms with Gasteiger partial charge in [-0.25, -0.2) is 0 Å². The Morgan fingerprint density at radius 1 is 0.923 bits per heavy atom. The van der Waals surface area contributed by atoms with Crippen LogP contribution in [0, 0.1) is 17.0 Å². The number of hydrazine groups is 1. The Morgan fingerprint density at radius 2 is 1.42 bits per heavy atom. The molecule has 0 unspecified atom stereocenters. The molecule has 2 aromatic carbocycles. The maximum atomic E-state index is 11.7. The third-order valence-electron chi connectivity index (χ3n) is 3.21. The van der Waals surface area contributed by atoms with Crippen LogP contribution in [-0.2, 0) is 9.59 Å². The number of nitrogens with one attached hydrogen (secondary N) is 2. The molecule has 9 nitrogen and oxygen atoms in total. The van der Waals surface area contributed by atoms with Crippen LogP contribution in [0.15, 0.2) is 48.5 Å². The minimum atomic E-state index is -0.674. The number of nitrogens with zero attached hydrogens (tertiary/aromatic N) is 1. The van der Waals surface area contributed by atoms with Gasteiger partial charge in [-0.05, 0) is 24.6 Å². The van der Waals surface area contributed by atoms with Crippen molar-refractivity contribution in [3.63, 3.8) is 0 Å². The molecule has 0 bridgehead atoms. The molecule has 0 atom stereocenters. The van der Waals surface area contributed by atoms with E-state index in [1.165, 1.54) is 18.2 Å². The number of benzene rings is 2. The zero-order valence-electron chi connectivity index (χ0n) is 13.9. The lowest BCUT2D eigenvalue weighted by Gasteiger charge is -2.10. The van der Waals surface area contributed by atoms with E-state index in [1.807, 2.05) is 19.1 Å². The van der Waals surface area contributed by atoms with E-state index in [0.717, 1.165) is 5.56 Å². The van der Waals surface area contributed by atoms with Crippen molar-refractivity contribution in [1.29, 1.82) is 0 Å². The lowest BCUT2D eigenvalue weighted by atomic mass is 10.2.